The maximum Gasteiger partial charge on any atom is 0.336 e. The molecule has 0 saturated carbocycles. The van der Waals surface area contributed by atoms with Crippen molar-refractivity contribution in [2.45, 2.75) is 45.3 Å². The third-order valence-corrected chi connectivity index (χ3v) is 4.83. The molecule has 0 radical (unpaired) electrons. The summed E-state index contributed by atoms with van der Waals surface area (Å²) >= 11 is 0. The van der Waals surface area contributed by atoms with E-state index in [9.17, 15) is 4.79 Å². The monoisotopic (exact) mass is 297 g/mol. The number of nitrogens with one attached hydrogen (secondary N) is 3. The van der Waals surface area contributed by atoms with Crippen LogP contribution in [0.1, 0.15) is 26.7 Å². The number of rotatable bonds is 3. The highest BCUT2D eigenvalue weighted by Crippen LogP contribution is 2.25. The fourth-order valence-corrected chi connectivity index (χ4v) is 3.37. The molecule has 0 bridgehead atoms. The van der Waals surface area contributed by atoms with Gasteiger partial charge >= 0.3 is 6.03 Å². The molecule has 0 aromatic heterocycles. The summed E-state index contributed by atoms with van der Waals surface area (Å²) in [5.41, 5.74) is 3.17. The van der Waals surface area contributed by atoms with Crippen molar-refractivity contribution in [2.75, 3.05) is 26.7 Å². The number of amides is 2. The number of piperidine rings is 1. The molecule has 7 nitrogen and oxygen atoms in total. The van der Waals surface area contributed by atoms with Crippen LogP contribution in [0.4, 0.5) is 4.79 Å². The molecule has 3 atom stereocenters. The van der Waals surface area contributed by atoms with E-state index in [4.69, 9.17) is 4.74 Å². The third kappa shape index (κ3) is 3.15. The molecule has 3 fully saturated rings. The SMILES string of the molecule is CC(C)C1CNN2C(=O)NC(OC3CCN(C)CC3)NC12. The molecule has 3 N–H and O–H groups in total. The van der Waals surface area contributed by atoms with E-state index in [1.165, 1.54) is 0 Å². The molecule has 3 unspecified atom stereocenters. The minimum Gasteiger partial charge on any atom is -0.342 e. The maximum absolute atomic E-state index is 12.2. The Morgan fingerprint density at radius 2 is 2.00 bits per heavy atom. The molecule has 21 heavy (non-hydrogen) atoms. The molecule has 0 aromatic rings. The lowest BCUT2D eigenvalue weighted by atomic mass is 9.93. The van der Waals surface area contributed by atoms with Gasteiger partial charge in [0.25, 0.3) is 0 Å². The van der Waals surface area contributed by atoms with Crippen LogP contribution in [0.5, 0.6) is 0 Å². The number of carbonyl (C=O) groups is 1. The summed E-state index contributed by atoms with van der Waals surface area (Å²) in [7, 11) is 2.13. The number of nitrogens with zero attached hydrogens (tertiary/aromatic N) is 2. The fourth-order valence-electron chi connectivity index (χ4n) is 3.37. The first-order chi connectivity index (χ1) is 10.0. The number of carbonyl (C=O) groups excluding carboxylic acids is 1. The van der Waals surface area contributed by atoms with Crippen LogP contribution in [0, 0.1) is 11.8 Å². The van der Waals surface area contributed by atoms with Gasteiger partial charge in [0.05, 0.1) is 6.10 Å². The van der Waals surface area contributed by atoms with Crippen molar-refractivity contribution in [1.82, 2.24) is 26.0 Å². The summed E-state index contributed by atoms with van der Waals surface area (Å²) in [4.78, 5) is 14.5. The van der Waals surface area contributed by atoms with E-state index in [0.29, 0.717) is 11.8 Å². The fraction of sp³-hybridized carbons (Fsp3) is 0.929. The molecule has 120 valence electrons. The van der Waals surface area contributed by atoms with Gasteiger partial charge in [-0.3, -0.25) is 10.6 Å². The van der Waals surface area contributed by atoms with E-state index >= 15 is 0 Å². The zero-order chi connectivity index (χ0) is 15.0. The molecule has 3 aliphatic heterocycles. The van der Waals surface area contributed by atoms with Gasteiger partial charge in [-0.15, -0.1) is 0 Å². The Kier molecular flexibility index (Phi) is 4.35. The molecular formula is C14H27N5O2. The molecule has 2 amide bonds. The summed E-state index contributed by atoms with van der Waals surface area (Å²) in [5, 5.41) is 7.98. The van der Waals surface area contributed by atoms with Crippen LogP contribution in [-0.4, -0.2) is 61.2 Å². The van der Waals surface area contributed by atoms with Crippen LogP contribution in [0.15, 0.2) is 0 Å². The zero-order valence-electron chi connectivity index (χ0n) is 13.1. The smallest absolute Gasteiger partial charge is 0.336 e. The Morgan fingerprint density at radius 1 is 1.29 bits per heavy atom. The second-order valence-corrected chi connectivity index (χ2v) is 6.72. The van der Waals surface area contributed by atoms with Crippen LogP contribution < -0.4 is 16.1 Å². The molecule has 7 heteroatoms. The first kappa shape index (κ1) is 15.0. The third-order valence-electron chi connectivity index (χ3n) is 4.83. The highest BCUT2D eigenvalue weighted by atomic mass is 16.5. The predicted octanol–water partition coefficient (Wildman–Crippen LogP) is 0.112. The van der Waals surface area contributed by atoms with Gasteiger partial charge in [-0.25, -0.2) is 15.2 Å². The van der Waals surface area contributed by atoms with Gasteiger partial charge in [-0.05, 0) is 25.8 Å². The Balaban J connectivity index is 1.59. The Morgan fingerprint density at radius 3 is 2.67 bits per heavy atom. The molecule has 3 rings (SSSR count). The predicted molar refractivity (Wildman–Crippen MR) is 79.0 cm³/mol. The van der Waals surface area contributed by atoms with Crippen molar-refractivity contribution in [2.24, 2.45) is 11.8 Å². The second kappa shape index (κ2) is 6.08. The summed E-state index contributed by atoms with van der Waals surface area (Å²) in [6.07, 6.45) is 1.89. The highest BCUT2D eigenvalue weighted by molar-refractivity contribution is 5.75. The summed E-state index contributed by atoms with van der Waals surface area (Å²) < 4.78 is 6.06. The Labute approximate surface area is 126 Å². The quantitative estimate of drug-likeness (QED) is 0.690. The standard InChI is InChI=1S/C14H27N5O2/c1-9(2)11-8-15-19-12(11)16-13(17-14(19)20)21-10-4-6-18(3)7-5-10/h9-13,15-16H,4-8H2,1-3H3,(H,17,20). The molecule has 3 saturated heterocycles. The first-order valence-electron chi connectivity index (χ1n) is 7.98. The molecule has 3 aliphatic rings. The molecule has 3 heterocycles. The van der Waals surface area contributed by atoms with Crippen LogP contribution in [-0.2, 0) is 4.74 Å². The van der Waals surface area contributed by atoms with Crippen molar-refractivity contribution >= 4 is 6.03 Å². The van der Waals surface area contributed by atoms with E-state index in [0.717, 1.165) is 32.5 Å². The summed E-state index contributed by atoms with van der Waals surface area (Å²) in [5.74, 6) is 0.912. The average molecular weight is 297 g/mol. The topological polar surface area (TPSA) is 68.9 Å². The second-order valence-electron chi connectivity index (χ2n) is 6.72. The van der Waals surface area contributed by atoms with Gasteiger partial charge in [0.2, 0.25) is 0 Å². The largest absolute Gasteiger partial charge is 0.342 e. The van der Waals surface area contributed by atoms with Gasteiger partial charge in [0.1, 0.15) is 6.17 Å². The van der Waals surface area contributed by atoms with Gasteiger partial charge < -0.3 is 9.64 Å². The van der Waals surface area contributed by atoms with Gasteiger partial charge in [-0.2, -0.15) is 0 Å². The highest BCUT2D eigenvalue weighted by Gasteiger charge is 2.44. The van der Waals surface area contributed by atoms with E-state index in [2.05, 4.69) is 41.9 Å². The van der Waals surface area contributed by atoms with E-state index < -0.39 is 0 Å². The summed E-state index contributed by atoms with van der Waals surface area (Å²) in [6.45, 7) is 7.31. The lowest BCUT2D eigenvalue weighted by Crippen LogP contribution is -2.68. The number of hydrogen-bond donors (Lipinski definition) is 3. The normalized spacial score (nSPS) is 35.1. The zero-order valence-corrected chi connectivity index (χ0v) is 13.1. The number of hydrogen-bond acceptors (Lipinski definition) is 5. The number of likely N-dealkylation sites (tertiary alicyclic amines) is 1. The molecule has 0 aliphatic carbocycles. The van der Waals surface area contributed by atoms with Crippen LogP contribution in [0.25, 0.3) is 0 Å². The van der Waals surface area contributed by atoms with Gasteiger partial charge in [0.15, 0.2) is 6.35 Å². The van der Waals surface area contributed by atoms with Crippen molar-refractivity contribution in [1.29, 1.82) is 0 Å². The summed E-state index contributed by atoms with van der Waals surface area (Å²) in [6, 6.07) is -0.0974. The van der Waals surface area contributed by atoms with Crippen molar-refractivity contribution in [3.63, 3.8) is 0 Å². The average Bonchev–Trinajstić information content (AvgIpc) is 2.86. The van der Waals surface area contributed by atoms with Gasteiger partial charge in [-0.1, -0.05) is 13.8 Å². The lowest BCUT2D eigenvalue weighted by molar-refractivity contribution is -0.0927. The number of urea groups is 1. The first-order valence-corrected chi connectivity index (χ1v) is 7.98. The molecular weight excluding hydrogens is 270 g/mol. The number of fused-ring (bicyclic) bond motifs is 1. The van der Waals surface area contributed by atoms with Gasteiger partial charge in [0, 0.05) is 25.6 Å². The van der Waals surface area contributed by atoms with Crippen LogP contribution in [0.2, 0.25) is 0 Å². The maximum atomic E-state index is 12.2. The molecule has 0 aromatic carbocycles. The van der Waals surface area contributed by atoms with Crippen molar-refractivity contribution < 1.29 is 9.53 Å². The minimum absolute atomic E-state index is 0.00927. The van der Waals surface area contributed by atoms with Crippen LogP contribution in [0.3, 0.4) is 0 Å². The molecule has 0 spiro atoms. The van der Waals surface area contributed by atoms with Crippen molar-refractivity contribution in [3.8, 4) is 0 Å². The van der Waals surface area contributed by atoms with E-state index in [1.54, 1.807) is 5.01 Å². The van der Waals surface area contributed by atoms with E-state index in [-0.39, 0.29) is 24.7 Å². The Hall–Kier alpha value is -0.890. The minimum atomic E-state index is -0.381. The lowest BCUT2D eigenvalue weighted by Gasteiger charge is -2.40. The number of hydrazine groups is 1. The van der Waals surface area contributed by atoms with Crippen LogP contribution >= 0.6 is 0 Å². The number of ether oxygens (including phenoxy) is 1. The van der Waals surface area contributed by atoms with Crippen molar-refractivity contribution in [3.05, 3.63) is 0 Å². The van der Waals surface area contributed by atoms with E-state index in [1.807, 2.05) is 0 Å². The Bertz CT molecular complexity index is 384.